The van der Waals surface area contributed by atoms with Crippen LogP contribution in [-0.4, -0.2) is 41.3 Å². The van der Waals surface area contributed by atoms with E-state index in [-0.39, 0.29) is 10.9 Å². The van der Waals surface area contributed by atoms with Crippen LogP contribution in [-0.2, 0) is 7.05 Å². The van der Waals surface area contributed by atoms with E-state index < -0.39 is 5.97 Å². The molecule has 0 aliphatic carbocycles. The number of nitrogens with zero attached hydrogens (tertiary/aromatic N) is 6. The summed E-state index contributed by atoms with van der Waals surface area (Å²) in [6.07, 6.45) is 1.38. The van der Waals surface area contributed by atoms with E-state index in [9.17, 15) is 4.79 Å². The maximum Gasteiger partial charge on any atom is 0.354 e. The normalized spacial score (nSPS) is 10.3. The fourth-order valence-electron chi connectivity index (χ4n) is 0.898. The Morgan fingerprint density at radius 1 is 1.56 bits per heavy atom. The van der Waals surface area contributed by atoms with Gasteiger partial charge in [0.15, 0.2) is 10.9 Å². The molecule has 2 aromatic heterocycles. The summed E-state index contributed by atoms with van der Waals surface area (Å²) in [4.78, 5) is 18.4. The Morgan fingerprint density at radius 2 is 2.38 bits per heavy atom. The molecule has 1 N–H and O–H groups in total. The molecule has 0 aliphatic heterocycles. The molecular formula is C7H6N6O2S. The highest BCUT2D eigenvalue weighted by Gasteiger charge is 2.10. The molecular weight excluding hydrogens is 232 g/mol. The first-order valence-electron chi connectivity index (χ1n) is 4.13. The number of aromatic carboxylic acids is 1. The minimum atomic E-state index is -1.10. The number of carbonyl (C=O) groups is 1. The van der Waals surface area contributed by atoms with E-state index in [0.29, 0.717) is 5.16 Å². The quantitative estimate of drug-likeness (QED) is 0.735. The predicted molar refractivity (Wildman–Crippen MR) is 51.9 cm³/mol. The summed E-state index contributed by atoms with van der Waals surface area (Å²) in [5.41, 5.74) is -0.0624. The van der Waals surface area contributed by atoms with Crippen molar-refractivity contribution in [1.29, 1.82) is 0 Å². The third-order valence-corrected chi connectivity index (χ3v) is 2.52. The molecule has 0 saturated carbocycles. The average molecular weight is 238 g/mol. The molecule has 16 heavy (non-hydrogen) atoms. The van der Waals surface area contributed by atoms with Crippen LogP contribution in [0.15, 0.2) is 22.6 Å². The molecule has 0 amide bonds. The smallest absolute Gasteiger partial charge is 0.354 e. The SMILES string of the molecule is Cn1nnnc1Sc1nccc(C(=O)O)n1. The molecule has 2 aromatic rings. The van der Waals surface area contributed by atoms with Gasteiger partial charge in [0, 0.05) is 13.2 Å². The Morgan fingerprint density at radius 3 is 3.00 bits per heavy atom. The van der Waals surface area contributed by atoms with Crippen LogP contribution in [0.3, 0.4) is 0 Å². The molecule has 0 unspecified atom stereocenters. The summed E-state index contributed by atoms with van der Waals surface area (Å²) in [5, 5.41) is 20.3. The van der Waals surface area contributed by atoms with Gasteiger partial charge >= 0.3 is 5.97 Å². The third-order valence-electron chi connectivity index (χ3n) is 1.62. The van der Waals surface area contributed by atoms with Crippen molar-refractivity contribution in [3.63, 3.8) is 0 Å². The van der Waals surface area contributed by atoms with Crippen LogP contribution in [0, 0.1) is 0 Å². The largest absolute Gasteiger partial charge is 0.477 e. The number of carboxylic acids is 1. The van der Waals surface area contributed by atoms with Crippen molar-refractivity contribution in [2.75, 3.05) is 0 Å². The number of tetrazole rings is 1. The fraction of sp³-hybridized carbons (Fsp3) is 0.143. The molecule has 0 aliphatic rings. The zero-order chi connectivity index (χ0) is 11.5. The molecule has 2 rings (SSSR count). The number of aromatic nitrogens is 6. The molecule has 8 nitrogen and oxygen atoms in total. The molecule has 2 heterocycles. The summed E-state index contributed by atoms with van der Waals surface area (Å²) in [6.45, 7) is 0. The molecule has 0 atom stereocenters. The minimum absolute atomic E-state index is 0.0624. The first kappa shape index (κ1) is 10.5. The zero-order valence-corrected chi connectivity index (χ0v) is 8.92. The van der Waals surface area contributed by atoms with Gasteiger partial charge in [-0.05, 0) is 28.3 Å². The van der Waals surface area contributed by atoms with Crippen molar-refractivity contribution in [2.24, 2.45) is 7.05 Å². The molecule has 0 radical (unpaired) electrons. The number of carboxylic acid groups (broad SMARTS) is 1. The van der Waals surface area contributed by atoms with E-state index in [1.165, 1.54) is 16.9 Å². The molecule has 0 fully saturated rings. The number of aryl methyl sites for hydroxylation is 1. The number of rotatable bonds is 3. The van der Waals surface area contributed by atoms with Crippen molar-refractivity contribution in [3.8, 4) is 0 Å². The highest BCUT2D eigenvalue weighted by Crippen LogP contribution is 2.20. The summed E-state index contributed by atoms with van der Waals surface area (Å²) in [5.74, 6) is -1.10. The topological polar surface area (TPSA) is 107 Å². The van der Waals surface area contributed by atoms with E-state index >= 15 is 0 Å². The lowest BCUT2D eigenvalue weighted by molar-refractivity contribution is 0.0689. The van der Waals surface area contributed by atoms with Crippen LogP contribution in [0.1, 0.15) is 10.5 Å². The van der Waals surface area contributed by atoms with Gasteiger partial charge < -0.3 is 5.11 Å². The van der Waals surface area contributed by atoms with Crippen LogP contribution in [0.4, 0.5) is 0 Å². The Hall–Kier alpha value is -2.03. The molecule has 0 spiro atoms. The predicted octanol–water partition coefficient (Wildman–Crippen LogP) is -0.151. The lowest BCUT2D eigenvalue weighted by Crippen LogP contribution is -2.02. The van der Waals surface area contributed by atoms with Crippen LogP contribution in [0.5, 0.6) is 0 Å². The van der Waals surface area contributed by atoms with Gasteiger partial charge in [-0.1, -0.05) is 0 Å². The minimum Gasteiger partial charge on any atom is -0.477 e. The Labute approximate surface area is 93.7 Å². The van der Waals surface area contributed by atoms with Crippen molar-refractivity contribution in [1.82, 2.24) is 30.2 Å². The van der Waals surface area contributed by atoms with Crippen LogP contribution < -0.4 is 0 Å². The summed E-state index contributed by atoms with van der Waals surface area (Å²) < 4.78 is 1.45. The van der Waals surface area contributed by atoms with Gasteiger partial charge in [0.2, 0.25) is 5.16 Å². The van der Waals surface area contributed by atoms with E-state index in [1.807, 2.05) is 0 Å². The lowest BCUT2D eigenvalue weighted by Gasteiger charge is -1.98. The van der Waals surface area contributed by atoms with Gasteiger partial charge in [-0.15, -0.1) is 5.10 Å². The summed E-state index contributed by atoms with van der Waals surface area (Å²) >= 11 is 1.09. The van der Waals surface area contributed by atoms with Gasteiger partial charge in [-0.25, -0.2) is 19.4 Å². The first-order chi connectivity index (χ1) is 7.66. The van der Waals surface area contributed by atoms with Crippen LogP contribution >= 0.6 is 11.8 Å². The van der Waals surface area contributed by atoms with Gasteiger partial charge in [0.05, 0.1) is 0 Å². The highest BCUT2D eigenvalue weighted by molar-refractivity contribution is 7.99. The molecule has 0 aromatic carbocycles. The molecule has 0 saturated heterocycles. The summed E-state index contributed by atoms with van der Waals surface area (Å²) in [7, 11) is 1.67. The maximum atomic E-state index is 10.7. The van der Waals surface area contributed by atoms with Crippen molar-refractivity contribution >= 4 is 17.7 Å². The van der Waals surface area contributed by atoms with E-state index in [2.05, 4.69) is 25.5 Å². The second-order valence-electron chi connectivity index (χ2n) is 2.72. The van der Waals surface area contributed by atoms with Crippen LogP contribution in [0.25, 0.3) is 0 Å². The first-order valence-corrected chi connectivity index (χ1v) is 4.95. The third kappa shape index (κ3) is 2.14. The van der Waals surface area contributed by atoms with Crippen molar-refractivity contribution in [2.45, 2.75) is 10.3 Å². The average Bonchev–Trinajstić information content (AvgIpc) is 2.65. The van der Waals surface area contributed by atoms with Gasteiger partial charge in [-0.2, -0.15) is 0 Å². The number of hydrogen-bond acceptors (Lipinski definition) is 7. The van der Waals surface area contributed by atoms with E-state index in [1.54, 1.807) is 7.05 Å². The standard InChI is InChI=1S/C7H6N6O2S/c1-13-7(10-11-12-13)16-6-8-3-2-4(9-6)5(14)15/h2-3H,1H3,(H,14,15). The molecule has 0 bridgehead atoms. The van der Waals surface area contributed by atoms with Gasteiger partial charge in [0.1, 0.15) is 0 Å². The highest BCUT2D eigenvalue weighted by atomic mass is 32.2. The Balaban J connectivity index is 2.25. The van der Waals surface area contributed by atoms with Crippen molar-refractivity contribution < 1.29 is 9.90 Å². The fourth-order valence-corrected chi connectivity index (χ4v) is 1.57. The number of hydrogen-bond donors (Lipinski definition) is 1. The maximum absolute atomic E-state index is 10.7. The zero-order valence-electron chi connectivity index (χ0n) is 8.10. The monoisotopic (exact) mass is 238 g/mol. The lowest BCUT2D eigenvalue weighted by atomic mass is 10.4. The Kier molecular flexibility index (Phi) is 2.77. The second kappa shape index (κ2) is 4.23. The van der Waals surface area contributed by atoms with Crippen LogP contribution in [0.2, 0.25) is 0 Å². The molecule has 82 valence electrons. The van der Waals surface area contributed by atoms with Gasteiger partial charge in [-0.3, -0.25) is 0 Å². The molecule has 9 heteroatoms. The van der Waals surface area contributed by atoms with Crippen molar-refractivity contribution in [3.05, 3.63) is 18.0 Å². The van der Waals surface area contributed by atoms with E-state index in [0.717, 1.165) is 11.8 Å². The second-order valence-corrected chi connectivity index (χ2v) is 3.65. The van der Waals surface area contributed by atoms with E-state index in [4.69, 9.17) is 5.11 Å². The summed E-state index contributed by atoms with van der Waals surface area (Å²) in [6, 6.07) is 1.32. The van der Waals surface area contributed by atoms with Gasteiger partial charge in [0.25, 0.3) is 0 Å². The Bertz CT molecular complexity index is 527.